The van der Waals surface area contributed by atoms with Crippen molar-refractivity contribution < 1.29 is 17.7 Å². The summed E-state index contributed by atoms with van der Waals surface area (Å²) in [6.45, 7) is 2.37. The topological polar surface area (TPSA) is 116 Å². The molecule has 0 unspecified atom stereocenters. The molecule has 3 heterocycles. The molecule has 0 aliphatic carbocycles. The number of benzene rings is 4. The van der Waals surface area contributed by atoms with Crippen molar-refractivity contribution in [1.29, 1.82) is 0 Å². The van der Waals surface area contributed by atoms with Crippen LogP contribution in [0.5, 0.6) is 0 Å². The third kappa shape index (κ3) is 5.99. The highest BCUT2D eigenvalue weighted by Crippen LogP contribution is 2.30. The van der Waals surface area contributed by atoms with Gasteiger partial charge in [0, 0.05) is 36.7 Å². The Morgan fingerprint density at radius 3 is 2.24 bits per heavy atom. The SMILES string of the molecule is COCc1ccc(-n2c(=O)n(C)c3cnc4ccc(-c5cnc6ccccc6c5)cc4c32)cc1.Cc1ccc(S(=O)(=O)O)cc1. The van der Waals surface area contributed by atoms with Gasteiger partial charge < -0.3 is 4.74 Å². The average molecular weight is 619 g/mol. The zero-order chi connectivity index (χ0) is 31.7. The van der Waals surface area contributed by atoms with E-state index in [9.17, 15) is 13.2 Å². The fourth-order valence-electron chi connectivity index (χ4n) is 5.26. The second-order valence-electron chi connectivity index (χ2n) is 10.7. The van der Waals surface area contributed by atoms with Gasteiger partial charge in [0.05, 0.1) is 45.5 Å². The van der Waals surface area contributed by atoms with Crippen molar-refractivity contribution in [2.75, 3.05) is 7.11 Å². The van der Waals surface area contributed by atoms with Crippen LogP contribution in [0.1, 0.15) is 11.1 Å². The maximum atomic E-state index is 13.3. The molecule has 0 amide bonds. The van der Waals surface area contributed by atoms with Crippen LogP contribution in [0.3, 0.4) is 0 Å². The van der Waals surface area contributed by atoms with Gasteiger partial charge in [-0.1, -0.05) is 54.1 Å². The number of fused-ring (bicyclic) bond motifs is 4. The van der Waals surface area contributed by atoms with Crippen molar-refractivity contribution in [2.24, 2.45) is 7.05 Å². The Labute approximate surface area is 259 Å². The molecule has 0 saturated heterocycles. The first-order valence-corrected chi connectivity index (χ1v) is 15.6. The highest BCUT2D eigenvalue weighted by Gasteiger charge is 2.17. The van der Waals surface area contributed by atoms with Gasteiger partial charge >= 0.3 is 5.69 Å². The molecule has 0 fully saturated rings. The molecule has 0 spiro atoms. The van der Waals surface area contributed by atoms with Crippen molar-refractivity contribution in [3.63, 3.8) is 0 Å². The minimum Gasteiger partial charge on any atom is -0.380 e. The Morgan fingerprint density at radius 2 is 1.53 bits per heavy atom. The Morgan fingerprint density at radius 1 is 0.822 bits per heavy atom. The summed E-state index contributed by atoms with van der Waals surface area (Å²) in [7, 11) is -0.565. The molecule has 0 aliphatic rings. The zero-order valence-corrected chi connectivity index (χ0v) is 25.7. The second-order valence-corrected chi connectivity index (χ2v) is 12.1. The van der Waals surface area contributed by atoms with Gasteiger partial charge in [-0.3, -0.25) is 23.7 Å². The molecule has 226 valence electrons. The summed E-state index contributed by atoms with van der Waals surface area (Å²) in [6, 6.07) is 30.3. The summed E-state index contributed by atoms with van der Waals surface area (Å²) in [5.74, 6) is 0. The number of imidazole rings is 1. The van der Waals surface area contributed by atoms with Crippen LogP contribution >= 0.6 is 0 Å². The molecule has 10 heteroatoms. The van der Waals surface area contributed by atoms with Gasteiger partial charge in [0.15, 0.2) is 0 Å². The fourth-order valence-corrected chi connectivity index (χ4v) is 5.74. The number of rotatable bonds is 5. The third-order valence-electron chi connectivity index (χ3n) is 7.63. The molecule has 0 aliphatic heterocycles. The van der Waals surface area contributed by atoms with Crippen molar-refractivity contribution >= 4 is 43.0 Å². The molecule has 4 aromatic carbocycles. The Kier molecular flexibility index (Phi) is 8.03. The van der Waals surface area contributed by atoms with E-state index in [0.717, 1.165) is 60.8 Å². The van der Waals surface area contributed by atoms with Gasteiger partial charge in [-0.05, 0) is 66.6 Å². The summed E-state index contributed by atoms with van der Waals surface area (Å²) in [5, 5.41) is 2.01. The number of hydrogen-bond acceptors (Lipinski definition) is 6. The molecule has 9 nitrogen and oxygen atoms in total. The van der Waals surface area contributed by atoms with Gasteiger partial charge in [-0.2, -0.15) is 8.42 Å². The molecule has 0 atom stereocenters. The molecule has 1 N–H and O–H groups in total. The van der Waals surface area contributed by atoms with E-state index in [1.807, 2.05) is 61.7 Å². The monoisotopic (exact) mass is 618 g/mol. The molecule has 0 saturated carbocycles. The quantitative estimate of drug-likeness (QED) is 0.220. The van der Waals surface area contributed by atoms with Crippen molar-refractivity contribution in [3.05, 3.63) is 131 Å². The highest BCUT2D eigenvalue weighted by molar-refractivity contribution is 7.85. The predicted octanol–water partition coefficient (Wildman–Crippen LogP) is 6.48. The maximum Gasteiger partial charge on any atom is 0.333 e. The normalized spacial score (nSPS) is 11.6. The van der Waals surface area contributed by atoms with Crippen LogP contribution in [0.25, 0.3) is 49.7 Å². The number of aryl methyl sites for hydroxylation is 2. The van der Waals surface area contributed by atoms with Gasteiger partial charge in [-0.15, -0.1) is 0 Å². The lowest BCUT2D eigenvalue weighted by Crippen LogP contribution is -2.20. The minimum absolute atomic E-state index is 0.0666. The minimum atomic E-state index is -4.02. The zero-order valence-electron chi connectivity index (χ0n) is 24.9. The van der Waals surface area contributed by atoms with Crippen LogP contribution in [0.15, 0.2) is 119 Å². The van der Waals surface area contributed by atoms with Crippen LogP contribution in [0, 0.1) is 6.92 Å². The van der Waals surface area contributed by atoms with Crippen LogP contribution in [0.4, 0.5) is 0 Å². The van der Waals surface area contributed by atoms with E-state index in [1.54, 1.807) is 41.6 Å². The van der Waals surface area contributed by atoms with E-state index < -0.39 is 10.1 Å². The number of aromatic nitrogens is 4. The first-order chi connectivity index (χ1) is 21.6. The summed E-state index contributed by atoms with van der Waals surface area (Å²) in [5.41, 5.74) is 8.17. The Hall–Kier alpha value is -5.16. The van der Waals surface area contributed by atoms with Crippen LogP contribution in [0.2, 0.25) is 0 Å². The molecule has 45 heavy (non-hydrogen) atoms. The van der Waals surface area contributed by atoms with Crippen LogP contribution < -0.4 is 5.69 Å². The van der Waals surface area contributed by atoms with Gasteiger partial charge in [0.2, 0.25) is 0 Å². The summed E-state index contributed by atoms with van der Waals surface area (Å²) < 4.78 is 38.2. The highest BCUT2D eigenvalue weighted by atomic mass is 32.2. The van der Waals surface area contributed by atoms with E-state index in [2.05, 4.69) is 34.2 Å². The molecular weight excluding hydrogens is 588 g/mol. The summed E-state index contributed by atoms with van der Waals surface area (Å²) >= 11 is 0. The first kappa shape index (κ1) is 29.9. The molecule has 7 aromatic rings. The Balaban J connectivity index is 0.000000276. The van der Waals surface area contributed by atoms with Crippen molar-refractivity contribution in [3.8, 4) is 16.8 Å². The van der Waals surface area contributed by atoms with E-state index in [4.69, 9.17) is 9.29 Å². The van der Waals surface area contributed by atoms with Gasteiger partial charge in [-0.25, -0.2) is 4.79 Å². The lowest BCUT2D eigenvalue weighted by molar-refractivity contribution is 0.185. The molecular formula is C35H30N4O5S. The van der Waals surface area contributed by atoms with Gasteiger partial charge in [0.25, 0.3) is 10.1 Å². The van der Waals surface area contributed by atoms with Crippen molar-refractivity contribution in [2.45, 2.75) is 18.4 Å². The number of pyridine rings is 2. The number of ether oxygens (including phenoxy) is 1. The summed E-state index contributed by atoms with van der Waals surface area (Å²) in [6.07, 6.45) is 3.66. The Bertz CT molecular complexity index is 2340. The van der Waals surface area contributed by atoms with Crippen LogP contribution in [-0.2, 0) is 28.5 Å². The molecule has 0 radical (unpaired) electrons. The van der Waals surface area contributed by atoms with E-state index >= 15 is 0 Å². The second kappa shape index (κ2) is 12.1. The first-order valence-electron chi connectivity index (χ1n) is 14.1. The van der Waals surface area contributed by atoms with Gasteiger partial charge in [0.1, 0.15) is 0 Å². The number of methoxy groups -OCH3 is 1. The smallest absolute Gasteiger partial charge is 0.333 e. The van der Waals surface area contributed by atoms with E-state index in [1.165, 1.54) is 12.1 Å². The number of para-hydroxylation sites is 1. The van der Waals surface area contributed by atoms with E-state index in [-0.39, 0.29) is 10.6 Å². The van der Waals surface area contributed by atoms with Crippen molar-refractivity contribution in [1.82, 2.24) is 19.1 Å². The lowest BCUT2D eigenvalue weighted by Gasteiger charge is -2.09. The molecule has 0 bridgehead atoms. The lowest BCUT2D eigenvalue weighted by atomic mass is 10.0. The van der Waals surface area contributed by atoms with Crippen LogP contribution in [-0.4, -0.2) is 39.2 Å². The fraction of sp³-hybridized carbons (Fsp3) is 0.114. The average Bonchev–Trinajstić information content (AvgIpc) is 3.30. The number of hydrogen-bond donors (Lipinski definition) is 1. The third-order valence-corrected chi connectivity index (χ3v) is 8.50. The largest absolute Gasteiger partial charge is 0.380 e. The number of nitrogens with zero attached hydrogens (tertiary/aromatic N) is 4. The predicted molar refractivity (Wildman–Crippen MR) is 176 cm³/mol. The summed E-state index contributed by atoms with van der Waals surface area (Å²) in [4.78, 5) is 22.5. The maximum absolute atomic E-state index is 13.3. The molecule has 3 aromatic heterocycles. The standard InChI is InChI=1S/C28H22N4O2.C7H8O3S/c1-31-26-16-30-25-12-9-19(21-13-20-5-3-4-6-24(20)29-15-21)14-23(25)27(26)32(28(31)33)22-10-7-18(8-11-22)17-34-2;1-6-2-4-7(5-3-6)11(8,9)10/h3-16H,17H2,1-2H3;2-5H,1H3,(H,8,9,10). The molecule has 7 rings (SSSR count). The van der Waals surface area contributed by atoms with E-state index in [0.29, 0.717) is 6.61 Å².